The number of rotatable bonds is 6. The van der Waals surface area contributed by atoms with Crippen molar-refractivity contribution in [3.63, 3.8) is 0 Å². The van der Waals surface area contributed by atoms with Gasteiger partial charge in [0.15, 0.2) is 0 Å². The van der Waals surface area contributed by atoms with Gasteiger partial charge in [-0.3, -0.25) is 19.3 Å². The summed E-state index contributed by atoms with van der Waals surface area (Å²) >= 11 is 0.784. The van der Waals surface area contributed by atoms with Crippen LogP contribution in [0.4, 0.5) is 4.79 Å². The van der Waals surface area contributed by atoms with Gasteiger partial charge in [-0.05, 0) is 23.9 Å². The van der Waals surface area contributed by atoms with E-state index in [9.17, 15) is 14.4 Å². The van der Waals surface area contributed by atoms with Gasteiger partial charge in [0.05, 0.1) is 17.8 Å². The van der Waals surface area contributed by atoms with E-state index in [2.05, 4.69) is 5.32 Å². The van der Waals surface area contributed by atoms with Crippen molar-refractivity contribution >= 4 is 34.9 Å². The molecule has 8 heteroatoms. The van der Waals surface area contributed by atoms with E-state index in [1.54, 1.807) is 12.1 Å². The predicted octanol–water partition coefficient (Wildman–Crippen LogP) is 1.08. The summed E-state index contributed by atoms with van der Waals surface area (Å²) in [7, 11) is 1.52. The van der Waals surface area contributed by atoms with Crippen molar-refractivity contribution < 1.29 is 23.5 Å². The van der Waals surface area contributed by atoms with Crippen molar-refractivity contribution in [2.24, 2.45) is 0 Å². The molecule has 1 aliphatic heterocycles. The van der Waals surface area contributed by atoms with Crippen LogP contribution in [0.1, 0.15) is 5.76 Å². The molecule has 3 amide bonds. The Kier molecular flexibility index (Phi) is 5.18. The maximum absolute atomic E-state index is 12.1. The molecule has 0 aromatic carbocycles. The summed E-state index contributed by atoms with van der Waals surface area (Å²) in [6.45, 7) is 0.393. The van der Waals surface area contributed by atoms with E-state index in [1.165, 1.54) is 19.4 Å². The zero-order valence-electron chi connectivity index (χ0n) is 11.3. The normalized spacial score (nSPS) is 16.8. The Labute approximate surface area is 125 Å². The number of methoxy groups -OCH3 is 1. The molecule has 0 saturated carbocycles. The van der Waals surface area contributed by atoms with Gasteiger partial charge in [-0.2, -0.15) is 0 Å². The van der Waals surface area contributed by atoms with Gasteiger partial charge in [0.2, 0.25) is 5.91 Å². The monoisotopic (exact) mass is 310 g/mol. The van der Waals surface area contributed by atoms with Crippen LogP contribution in [0.3, 0.4) is 0 Å². The highest BCUT2D eigenvalue weighted by Crippen LogP contribution is 2.31. The number of carbonyl (C=O) groups is 3. The first-order chi connectivity index (χ1) is 10.1. The van der Waals surface area contributed by atoms with Crippen LogP contribution < -0.4 is 5.32 Å². The lowest BCUT2D eigenvalue weighted by molar-refractivity contribution is -0.129. The van der Waals surface area contributed by atoms with E-state index < -0.39 is 17.1 Å². The number of ether oxygens (including phenoxy) is 1. The molecule has 0 radical (unpaired) electrons. The lowest BCUT2D eigenvalue weighted by Crippen LogP contribution is -2.40. The summed E-state index contributed by atoms with van der Waals surface area (Å²) in [6.07, 6.45) is 2.95. The van der Waals surface area contributed by atoms with E-state index in [1.807, 2.05) is 0 Å². The summed E-state index contributed by atoms with van der Waals surface area (Å²) < 4.78 is 9.89. The lowest BCUT2D eigenvalue weighted by Gasteiger charge is -2.12. The number of carbonyl (C=O) groups excluding carboxylic acids is 3. The van der Waals surface area contributed by atoms with Crippen LogP contribution in [-0.2, 0) is 14.3 Å². The van der Waals surface area contributed by atoms with Gasteiger partial charge >= 0.3 is 0 Å². The molecule has 1 saturated heterocycles. The number of amides is 3. The van der Waals surface area contributed by atoms with Gasteiger partial charge in [-0.1, -0.05) is 0 Å². The predicted molar refractivity (Wildman–Crippen MR) is 76.3 cm³/mol. The quantitative estimate of drug-likeness (QED) is 0.625. The highest BCUT2D eigenvalue weighted by molar-refractivity contribution is 8.18. The Morgan fingerprint density at radius 3 is 3.00 bits per heavy atom. The number of imide groups is 1. The van der Waals surface area contributed by atoms with Crippen LogP contribution in [-0.4, -0.2) is 48.8 Å². The molecule has 0 atom stereocenters. The number of nitrogens with zero attached hydrogens (tertiary/aromatic N) is 1. The van der Waals surface area contributed by atoms with Crippen LogP contribution >= 0.6 is 11.8 Å². The number of furan rings is 1. The molecule has 0 unspecified atom stereocenters. The first-order valence-electron chi connectivity index (χ1n) is 6.16. The van der Waals surface area contributed by atoms with Gasteiger partial charge in [-0.25, -0.2) is 0 Å². The Balaban J connectivity index is 1.97. The van der Waals surface area contributed by atoms with E-state index in [-0.39, 0.29) is 11.4 Å². The third-order valence-corrected chi connectivity index (χ3v) is 3.53. The van der Waals surface area contributed by atoms with Crippen LogP contribution in [0.25, 0.3) is 6.08 Å². The summed E-state index contributed by atoms with van der Waals surface area (Å²) in [5.41, 5.74) is 0. The molecule has 1 aromatic rings. The summed E-state index contributed by atoms with van der Waals surface area (Å²) in [4.78, 5) is 36.6. The largest absolute Gasteiger partial charge is 0.465 e. The fraction of sp³-hybridized carbons (Fsp3) is 0.308. The summed E-state index contributed by atoms with van der Waals surface area (Å²) in [5, 5.41) is 2.08. The van der Waals surface area contributed by atoms with Gasteiger partial charge in [0.1, 0.15) is 12.3 Å². The van der Waals surface area contributed by atoms with Crippen molar-refractivity contribution in [3.8, 4) is 0 Å². The molecule has 1 fully saturated rings. The topological polar surface area (TPSA) is 88.8 Å². The van der Waals surface area contributed by atoms with Crippen LogP contribution in [0, 0.1) is 0 Å². The minimum atomic E-state index is -0.497. The number of thioether (sulfide) groups is 1. The van der Waals surface area contributed by atoms with Crippen LogP contribution in [0.15, 0.2) is 27.7 Å². The Hall–Kier alpha value is -2.06. The molecule has 2 heterocycles. The highest BCUT2D eigenvalue weighted by atomic mass is 32.2. The molecule has 21 heavy (non-hydrogen) atoms. The molecule has 0 bridgehead atoms. The van der Waals surface area contributed by atoms with Crippen molar-refractivity contribution in [2.45, 2.75) is 0 Å². The fourth-order valence-electron chi connectivity index (χ4n) is 1.63. The number of hydrogen-bond acceptors (Lipinski definition) is 6. The molecule has 2 rings (SSSR count). The smallest absolute Gasteiger partial charge is 0.294 e. The second-order valence-electron chi connectivity index (χ2n) is 4.13. The molecule has 112 valence electrons. The maximum atomic E-state index is 12.1. The molecule has 0 spiro atoms. The second kappa shape index (κ2) is 7.09. The minimum absolute atomic E-state index is 0.236. The van der Waals surface area contributed by atoms with Gasteiger partial charge in [0, 0.05) is 19.7 Å². The lowest BCUT2D eigenvalue weighted by atomic mass is 10.3. The van der Waals surface area contributed by atoms with Crippen LogP contribution in [0.5, 0.6) is 0 Å². The zero-order chi connectivity index (χ0) is 15.2. The molecule has 1 aliphatic rings. The molecule has 0 aliphatic carbocycles. The zero-order valence-corrected chi connectivity index (χ0v) is 12.1. The average Bonchev–Trinajstić information content (AvgIpc) is 3.04. The summed E-state index contributed by atoms with van der Waals surface area (Å²) in [5.74, 6) is -0.429. The highest BCUT2D eigenvalue weighted by Gasteiger charge is 2.36. The van der Waals surface area contributed by atoms with Crippen molar-refractivity contribution in [1.29, 1.82) is 0 Å². The number of hydrogen-bond donors (Lipinski definition) is 1. The standard InChI is InChI=1S/C13H14N2O5S/c1-19-6-4-14-11(16)8-15-12(17)10(21-13(15)18)7-9-3-2-5-20-9/h2-3,5,7H,4,6,8H2,1H3,(H,14,16)/b10-7-. The second-order valence-corrected chi connectivity index (χ2v) is 5.12. The first kappa shape index (κ1) is 15.3. The van der Waals surface area contributed by atoms with Crippen molar-refractivity contribution in [2.75, 3.05) is 26.8 Å². The molecular formula is C13H14N2O5S. The molecular weight excluding hydrogens is 296 g/mol. The third kappa shape index (κ3) is 3.96. The molecule has 1 N–H and O–H groups in total. The van der Waals surface area contributed by atoms with Crippen molar-refractivity contribution in [3.05, 3.63) is 29.1 Å². The molecule has 7 nitrogen and oxygen atoms in total. The van der Waals surface area contributed by atoms with Gasteiger partial charge < -0.3 is 14.5 Å². The SMILES string of the molecule is COCCNC(=O)CN1C(=O)S/C(=C\c2ccco2)C1=O. The van der Waals surface area contributed by atoms with Crippen LogP contribution in [0.2, 0.25) is 0 Å². The van der Waals surface area contributed by atoms with E-state index >= 15 is 0 Å². The Morgan fingerprint density at radius 2 is 2.33 bits per heavy atom. The van der Waals surface area contributed by atoms with Gasteiger partial charge in [-0.15, -0.1) is 0 Å². The van der Waals surface area contributed by atoms with E-state index in [0.29, 0.717) is 18.9 Å². The maximum Gasteiger partial charge on any atom is 0.294 e. The van der Waals surface area contributed by atoms with Gasteiger partial charge in [0.25, 0.3) is 11.1 Å². The average molecular weight is 310 g/mol. The first-order valence-corrected chi connectivity index (χ1v) is 6.98. The Morgan fingerprint density at radius 1 is 1.52 bits per heavy atom. The summed E-state index contributed by atoms with van der Waals surface area (Å²) in [6, 6.07) is 3.35. The third-order valence-electron chi connectivity index (χ3n) is 2.62. The number of nitrogens with one attached hydrogen (secondary N) is 1. The van der Waals surface area contributed by atoms with Crippen molar-refractivity contribution in [1.82, 2.24) is 10.2 Å². The van der Waals surface area contributed by atoms with E-state index in [4.69, 9.17) is 9.15 Å². The van der Waals surface area contributed by atoms with E-state index in [0.717, 1.165) is 16.7 Å². The fourth-order valence-corrected chi connectivity index (χ4v) is 2.45. The molecule has 1 aromatic heterocycles. The minimum Gasteiger partial charge on any atom is -0.465 e. The Bertz CT molecular complexity index is 567.